The summed E-state index contributed by atoms with van der Waals surface area (Å²) in [7, 11) is 0. The highest BCUT2D eigenvalue weighted by atomic mass is 127. The minimum atomic E-state index is 0.412. The molecule has 1 N–H and O–H groups in total. The van der Waals surface area contributed by atoms with Gasteiger partial charge in [0.1, 0.15) is 0 Å². The zero-order valence-corrected chi connectivity index (χ0v) is 13.9. The molecular weight excluding hydrogens is 401 g/mol. The van der Waals surface area contributed by atoms with Crippen LogP contribution in [0.4, 0.5) is 5.69 Å². The highest BCUT2D eigenvalue weighted by molar-refractivity contribution is 14.1. The van der Waals surface area contributed by atoms with Gasteiger partial charge in [0.15, 0.2) is 0 Å². The molecule has 0 spiro atoms. The molecule has 2 rings (SSSR count). The van der Waals surface area contributed by atoms with Gasteiger partial charge in [-0.25, -0.2) is 0 Å². The Kier molecular flexibility index (Phi) is 5.06. The van der Waals surface area contributed by atoms with Crippen LogP contribution < -0.4 is 5.32 Å². The standard InChI is InChI=1S/C15H15BrIN/c1-11(9-12-5-3-2-4-6-12)18-15-10-13(16)7-8-14(15)17/h2-8,10-11,18H,9H2,1H3. The van der Waals surface area contributed by atoms with Gasteiger partial charge >= 0.3 is 0 Å². The fourth-order valence-corrected chi connectivity index (χ4v) is 2.74. The zero-order valence-electron chi connectivity index (χ0n) is 10.2. The summed E-state index contributed by atoms with van der Waals surface area (Å²) >= 11 is 5.87. The van der Waals surface area contributed by atoms with Crippen molar-refractivity contribution in [2.75, 3.05) is 5.32 Å². The molecule has 0 saturated carbocycles. The van der Waals surface area contributed by atoms with Crippen LogP contribution in [0.25, 0.3) is 0 Å². The number of halogens is 2. The van der Waals surface area contributed by atoms with Crippen molar-refractivity contribution in [3.63, 3.8) is 0 Å². The maximum absolute atomic E-state index is 3.56. The molecule has 0 saturated heterocycles. The molecule has 2 aromatic carbocycles. The highest BCUT2D eigenvalue weighted by Gasteiger charge is 2.06. The van der Waals surface area contributed by atoms with Gasteiger partial charge in [-0.05, 0) is 59.7 Å². The van der Waals surface area contributed by atoms with Gasteiger partial charge in [0.25, 0.3) is 0 Å². The van der Waals surface area contributed by atoms with Crippen LogP contribution >= 0.6 is 38.5 Å². The van der Waals surface area contributed by atoms with Gasteiger partial charge in [-0.3, -0.25) is 0 Å². The Morgan fingerprint density at radius 1 is 1.17 bits per heavy atom. The second-order valence-corrected chi connectivity index (χ2v) is 6.44. The fraction of sp³-hybridized carbons (Fsp3) is 0.200. The predicted octanol–water partition coefficient (Wildman–Crippen LogP) is 5.10. The van der Waals surface area contributed by atoms with E-state index in [9.17, 15) is 0 Å². The maximum Gasteiger partial charge on any atom is 0.0489 e. The molecule has 0 aliphatic heterocycles. The summed E-state index contributed by atoms with van der Waals surface area (Å²) in [6.45, 7) is 2.21. The van der Waals surface area contributed by atoms with Gasteiger partial charge in [0, 0.05) is 19.8 Å². The Morgan fingerprint density at radius 3 is 2.61 bits per heavy atom. The van der Waals surface area contributed by atoms with E-state index in [1.165, 1.54) is 14.8 Å². The van der Waals surface area contributed by atoms with Crippen molar-refractivity contribution in [3.8, 4) is 0 Å². The van der Waals surface area contributed by atoms with Crippen molar-refractivity contribution < 1.29 is 0 Å². The third-order valence-electron chi connectivity index (χ3n) is 2.72. The number of rotatable bonds is 4. The van der Waals surface area contributed by atoms with Crippen LogP contribution in [-0.4, -0.2) is 6.04 Å². The van der Waals surface area contributed by atoms with Crippen LogP contribution in [0.1, 0.15) is 12.5 Å². The Hall–Kier alpha value is -0.550. The molecule has 3 heteroatoms. The largest absolute Gasteiger partial charge is 0.381 e. The van der Waals surface area contributed by atoms with E-state index in [1.807, 2.05) is 0 Å². The molecular formula is C15H15BrIN. The Labute approximate surface area is 130 Å². The molecule has 1 nitrogen and oxygen atoms in total. The zero-order chi connectivity index (χ0) is 13.0. The molecule has 0 heterocycles. The maximum atomic E-state index is 3.56. The van der Waals surface area contributed by atoms with Gasteiger partial charge in [-0.2, -0.15) is 0 Å². The van der Waals surface area contributed by atoms with Crippen molar-refractivity contribution in [2.24, 2.45) is 0 Å². The fourth-order valence-electron chi connectivity index (χ4n) is 1.89. The average Bonchev–Trinajstić information content (AvgIpc) is 2.35. The lowest BCUT2D eigenvalue weighted by molar-refractivity contribution is 0.789. The predicted molar refractivity (Wildman–Crippen MR) is 90.1 cm³/mol. The Balaban J connectivity index is 2.03. The van der Waals surface area contributed by atoms with Gasteiger partial charge in [-0.1, -0.05) is 46.3 Å². The topological polar surface area (TPSA) is 12.0 Å². The first kappa shape index (κ1) is 13.9. The van der Waals surface area contributed by atoms with E-state index in [2.05, 4.69) is 99.3 Å². The van der Waals surface area contributed by atoms with Crippen LogP contribution in [0.2, 0.25) is 0 Å². The van der Waals surface area contributed by atoms with E-state index in [0.717, 1.165) is 10.9 Å². The van der Waals surface area contributed by atoms with E-state index in [-0.39, 0.29) is 0 Å². The Bertz CT molecular complexity index is 513. The summed E-state index contributed by atoms with van der Waals surface area (Å²) in [4.78, 5) is 0. The van der Waals surface area contributed by atoms with E-state index in [1.54, 1.807) is 0 Å². The first-order valence-corrected chi connectivity index (χ1v) is 7.78. The molecule has 0 bridgehead atoms. The van der Waals surface area contributed by atoms with Crippen LogP contribution in [0, 0.1) is 3.57 Å². The van der Waals surface area contributed by atoms with Crippen LogP contribution in [0.3, 0.4) is 0 Å². The van der Waals surface area contributed by atoms with Gasteiger partial charge in [0.05, 0.1) is 0 Å². The molecule has 2 aromatic rings. The van der Waals surface area contributed by atoms with Crippen molar-refractivity contribution in [2.45, 2.75) is 19.4 Å². The van der Waals surface area contributed by atoms with Crippen molar-refractivity contribution in [3.05, 3.63) is 62.1 Å². The lowest BCUT2D eigenvalue weighted by Crippen LogP contribution is -2.18. The molecule has 0 fully saturated rings. The third kappa shape index (κ3) is 3.99. The second-order valence-electron chi connectivity index (χ2n) is 4.36. The lowest BCUT2D eigenvalue weighted by atomic mass is 10.1. The Morgan fingerprint density at radius 2 is 1.89 bits per heavy atom. The monoisotopic (exact) mass is 415 g/mol. The molecule has 0 aliphatic carbocycles. The average molecular weight is 416 g/mol. The molecule has 1 atom stereocenters. The van der Waals surface area contributed by atoms with E-state index >= 15 is 0 Å². The van der Waals surface area contributed by atoms with E-state index in [4.69, 9.17) is 0 Å². The number of anilines is 1. The quantitative estimate of drug-likeness (QED) is 0.685. The van der Waals surface area contributed by atoms with Gasteiger partial charge < -0.3 is 5.32 Å². The number of nitrogens with one attached hydrogen (secondary N) is 1. The third-order valence-corrected chi connectivity index (χ3v) is 4.15. The second kappa shape index (κ2) is 6.57. The number of hydrogen-bond acceptors (Lipinski definition) is 1. The van der Waals surface area contributed by atoms with Gasteiger partial charge in [0.2, 0.25) is 0 Å². The summed E-state index contributed by atoms with van der Waals surface area (Å²) in [6, 6.07) is 17.3. The summed E-state index contributed by atoms with van der Waals surface area (Å²) in [5.41, 5.74) is 2.55. The summed E-state index contributed by atoms with van der Waals surface area (Å²) in [5, 5.41) is 3.56. The minimum Gasteiger partial charge on any atom is -0.381 e. The first-order valence-electron chi connectivity index (χ1n) is 5.90. The normalized spacial score (nSPS) is 12.2. The van der Waals surface area contributed by atoms with E-state index in [0.29, 0.717) is 6.04 Å². The summed E-state index contributed by atoms with van der Waals surface area (Å²) < 4.78 is 2.35. The van der Waals surface area contributed by atoms with Crippen molar-refractivity contribution in [1.82, 2.24) is 0 Å². The number of hydrogen-bond donors (Lipinski definition) is 1. The first-order chi connectivity index (χ1) is 8.65. The van der Waals surface area contributed by atoms with E-state index < -0.39 is 0 Å². The van der Waals surface area contributed by atoms with Crippen LogP contribution in [0.15, 0.2) is 53.0 Å². The molecule has 0 aromatic heterocycles. The summed E-state index contributed by atoms with van der Waals surface area (Å²) in [6.07, 6.45) is 1.03. The smallest absolute Gasteiger partial charge is 0.0489 e. The van der Waals surface area contributed by atoms with Crippen LogP contribution in [-0.2, 0) is 6.42 Å². The molecule has 0 aliphatic rings. The SMILES string of the molecule is CC(Cc1ccccc1)Nc1cc(Br)ccc1I. The molecule has 18 heavy (non-hydrogen) atoms. The lowest BCUT2D eigenvalue weighted by Gasteiger charge is -2.17. The molecule has 94 valence electrons. The molecule has 0 radical (unpaired) electrons. The van der Waals surface area contributed by atoms with Crippen LogP contribution in [0.5, 0.6) is 0 Å². The minimum absolute atomic E-state index is 0.412. The molecule has 1 unspecified atom stereocenters. The van der Waals surface area contributed by atoms with Gasteiger partial charge in [-0.15, -0.1) is 0 Å². The highest BCUT2D eigenvalue weighted by Crippen LogP contribution is 2.24. The summed E-state index contributed by atoms with van der Waals surface area (Å²) in [5.74, 6) is 0. The molecule has 0 amide bonds. The van der Waals surface area contributed by atoms with Crippen molar-refractivity contribution >= 4 is 44.2 Å². The number of benzene rings is 2. The van der Waals surface area contributed by atoms with Crippen molar-refractivity contribution in [1.29, 1.82) is 0 Å².